The molecule has 0 fully saturated rings. The lowest BCUT2D eigenvalue weighted by atomic mass is 9.65. The Morgan fingerprint density at radius 3 is 1.33 bits per heavy atom. The zero-order chi connectivity index (χ0) is 14.2. The van der Waals surface area contributed by atoms with E-state index in [0.717, 1.165) is 0 Å². The Bertz CT molecular complexity index is 346. The molecule has 0 unspecified atom stereocenters. The summed E-state index contributed by atoms with van der Waals surface area (Å²) in [6, 6.07) is 0. The maximum Gasteiger partial charge on any atom is 0.270 e. The van der Waals surface area contributed by atoms with Gasteiger partial charge in [-0.25, -0.2) is 0 Å². The van der Waals surface area contributed by atoms with Crippen LogP contribution < -0.4 is 0 Å². The number of carbonyl (C=O) groups is 1. The normalized spacial score (nSPS) is 11.3. The van der Waals surface area contributed by atoms with Gasteiger partial charge < -0.3 is 11.1 Å². The van der Waals surface area contributed by atoms with Crippen molar-refractivity contribution in [3.63, 3.8) is 0 Å². The van der Waals surface area contributed by atoms with Gasteiger partial charge in [0.1, 0.15) is 10.8 Å². The first-order valence-corrected chi connectivity index (χ1v) is 6.44. The van der Waals surface area contributed by atoms with Crippen molar-refractivity contribution < 1.29 is 14.4 Å². The summed E-state index contributed by atoms with van der Waals surface area (Å²) in [5.74, 6) is -0.0550. The van der Waals surface area contributed by atoms with Crippen molar-refractivity contribution in [3.05, 3.63) is 11.1 Å². The summed E-state index contributed by atoms with van der Waals surface area (Å²) < 4.78 is 0. The molecule has 0 aromatic rings. The first kappa shape index (κ1) is 16.4. The molecule has 0 spiro atoms. The van der Waals surface area contributed by atoms with Crippen LogP contribution in [0.15, 0.2) is 0 Å². The second kappa shape index (κ2) is 7.00. The van der Waals surface area contributed by atoms with Gasteiger partial charge in [-0.15, -0.1) is 0 Å². The molecule has 0 saturated carbocycles. The van der Waals surface area contributed by atoms with E-state index < -0.39 is 10.8 Å². The Kier molecular flexibility index (Phi) is 6.39. The van der Waals surface area contributed by atoms with E-state index in [-0.39, 0.29) is 5.78 Å². The number of hydrogen-bond donors (Lipinski definition) is 0. The van der Waals surface area contributed by atoms with Gasteiger partial charge in [0, 0.05) is 0 Å². The van der Waals surface area contributed by atoms with Crippen LogP contribution in [0.4, 0.5) is 0 Å². The molecule has 18 heavy (non-hydrogen) atoms. The third kappa shape index (κ3) is 2.81. The molecule has 0 rings (SSSR count). The predicted molar refractivity (Wildman–Crippen MR) is 70.4 cm³/mol. The molecule has 0 bridgehead atoms. The number of nitrogens with zero attached hydrogens (tertiary/aromatic N) is 4. The molecule has 0 aromatic heterocycles. The van der Waals surface area contributed by atoms with E-state index >= 15 is 0 Å². The topological polar surface area (TPSA) is 89.9 Å². The van der Waals surface area contributed by atoms with E-state index in [1.807, 2.05) is 27.7 Å². The fourth-order valence-electron chi connectivity index (χ4n) is 2.34. The summed E-state index contributed by atoms with van der Waals surface area (Å²) in [5, 5.41) is 0. The third-order valence-electron chi connectivity index (χ3n) is 4.04. The smallest absolute Gasteiger partial charge is 0.270 e. The van der Waals surface area contributed by atoms with E-state index in [0.29, 0.717) is 25.7 Å². The maximum absolute atomic E-state index is 12.8. The van der Waals surface area contributed by atoms with Crippen LogP contribution in [0.1, 0.15) is 53.4 Å². The number of Topliss-reactive ketones (excluding diaryl/α,β-unsaturated/α-hetero) is 1. The van der Waals surface area contributed by atoms with E-state index in [9.17, 15) is 4.79 Å². The van der Waals surface area contributed by atoms with Gasteiger partial charge in [-0.2, -0.15) is 9.58 Å². The summed E-state index contributed by atoms with van der Waals surface area (Å²) in [7, 11) is 0. The fourth-order valence-corrected chi connectivity index (χ4v) is 2.34. The van der Waals surface area contributed by atoms with Crippen LogP contribution in [0.3, 0.4) is 0 Å². The van der Waals surface area contributed by atoms with Gasteiger partial charge in [0.05, 0.1) is 0 Å². The average Bonchev–Trinajstić information content (AvgIpc) is 2.42. The molecular weight excluding hydrogens is 228 g/mol. The highest BCUT2D eigenvalue weighted by Gasteiger charge is 2.50. The summed E-state index contributed by atoms with van der Waals surface area (Å²) in [6.07, 6.45) is 4.81. The first-order valence-electron chi connectivity index (χ1n) is 6.44. The molecule has 0 radical (unpaired) electrons. The molecule has 0 aliphatic carbocycles. The van der Waals surface area contributed by atoms with Crippen molar-refractivity contribution in [1.29, 1.82) is 0 Å². The van der Waals surface area contributed by atoms with Gasteiger partial charge in [0.25, 0.3) is 12.4 Å². The minimum absolute atomic E-state index is 0.0550. The number of hydrogen-bond acceptors (Lipinski definition) is 1. The van der Waals surface area contributed by atoms with Gasteiger partial charge >= 0.3 is 0 Å². The van der Waals surface area contributed by atoms with Crippen molar-refractivity contribution in [2.24, 2.45) is 10.8 Å². The molecule has 0 heterocycles. The minimum Gasteiger partial charge on any atom is -0.362 e. The number of ketones is 1. The lowest BCUT2D eigenvalue weighted by molar-refractivity contribution is -0.135. The molecule has 5 nitrogen and oxygen atoms in total. The molecule has 100 valence electrons. The SMILES string of the molecule is CCC(C=[N+]=[N-])(CC)C(=O)C(C=[N+]=[N-])(CC)CC. The molecule has 0 N–H and O–H groups in total. The highest BCUT2D eigenvalue weighted by molar-refractivity contribution is 6.08. The van der Waals surface area contributed by atoms with Crippen LogP contribution in [-0.2, 0) is 4.79 Å². The molecule has 0 atom stereocenters. The molecule has 0 saturated heterocycles. The number of carbonyl (C=O) groups excluding carboxylic acids is 1. The zero-order valence-corrected chi connectivity index (χ0v) is 11.7. The lowest BCUT2D eigenvalue weighted by Gasteiger charge is -2.30. The molecule has 0 amide bonds. The van der Waals surface area contributed by atoms with Crippen molar-refractivity contribution in [3.8, 4) is 0 Å². The van der Waals surface area contributed by atoms with Gasteiger partial charge in [-0.3, -0.25) is 4.79 Å². The largest absolute Gasteiger partial charge is 0.362 e. The zero-order valence-electron chi connectivity index (χ0n) is 11.7. The van der Waals surface area contributed by atoms with Crippen LogP contribution in [-0.4, -0.2) is 27.8 Å². The fraction of sp³-hybridized carbons (Fsp3) is 0.769. The Labute approximate surface area is 108 Å². The van der Waals surface area contributed by atoms with Gasteiger partial charge in [-0.05, 0) is 25.7 Å². The van der Waals surface area contributed by atoms with Crippen LogP contribution in [0.2, 0.25) is 0 Å². The lowest BCUT2D eigenvalue weighted by Crippen LogP contribution is -2.45. The van der Waals surface area contributed by atoms with Crippen LogP contribution >= 0.6 is 0 Å². The maximum atomic E-state index is 12.8. The van der Waals surface area contributed by atoms with Crippen LogP contribution in [0.25, 0.3) is 11.1 Å². The predicted octanol–water partition coefficient (Wildman–Crippen LogP) is 2.77. The van der Waals surface area contributed by atoms with Crippen molar-refractivity contribution in [2.75, 3.05) is 0 Å². The van der Waals surface area contributed by atoms with Crippen LogP contribution in [0, 0.1) is 10.8 Å². The van der Waals surface area contributed by atoms with E-state index in [1.165, 1.54) is 12.4 Å². The van der Waals surface area contributed by atoms with E-state index in [2.05, 4.69) is 9.58 Å². The van der Waals surface area contributed by atoms with Crippen molar-refractivity contribution in [2.45, 2.75) is 53.4 Å². The summed E-state index contributed by atoms with van der Waals surface area (Å²) in [4.78, 5) is 18.9. The monoisotopic (exact) mass is 250 g/mol. The Balaban J connectivity index is 5.81. The highest BCUT2D eigenvalue weighted by Crippen LogP contribution is 2.37. The second-order valence-corrected chi connectivity index (χ2v) is 4.54. The number of rotatable bonds is 8. The van der Waals surface area contributed by atoms with Crippen molar-refractivity contribution >= 4 is 18.2 Å². The molecule has 0 aromatic carbocycles. The standard InChI is InChI=1S/C13H22N4O/c1-5-12(6-2,9-16-14)11(18)13(7-3,8-4)10-17-15/h9-10H,5-8H2,1-4H3. The molecule has 5 heteroatoms. The molecule has 0 aliphatic rings. The third-order valence-corrected chi connectivity index (χ3v) is 4.04. The summed E-state index contributed by atoms with van der Waals surface area (Å²) in [6.45, 7) is 7.54. The minimum atomic E-state index is -0.804. The van der Waals surface area contributed by atoms with E-state index in [4.69, 9.17) is 11.1 Å². The summed E-state index contributed by atoms with van der Waals surface area (Å²) >= 11 is 0. The molecular formula is C13H22N4O. The van der Waals surface area contributed by atoms with Gasteiger partial charge in [0.2, 0.25) is 0 Å². The second-order valence-electron chi connectivity index (χ2n) is 4.54. The summed E-state index contributed by atoms with van der Waals surface area (Å²) in [5.41, 5.74) is 16.0. The molecule has 0 aliphatic heterocycles. The highest BCUT2D eigenvalue weighted by atomic mass is 16.1. The average molecular weight is 250 g/mol. The quantitative estimate of drug-likeness (QED) is 0.370. The van der Waals surface area contributed by atoms with E-state index in [1.54, 1.807) is 0 Å². The first-order chi connectivity index (χ1) is 8.52. The Hall–Kier alpha value is -1.57. The van der Waals surface area contributed by atoms with Crippen LogP contribution in [0.5, 0.6) is 0 Å². The van der Waals surface area contributed by atoms with Gasteiger partial charge in [-0.1, -0.05) is 27.7 Å². The Morgan fingerprint density at radius 1 is 0.889 bits per heavy atom. The van der Waals surface area contributed by atoms with Crippen molar-refractivity contribution in [1.82, 2.24) is 0 Å². The van der Waals surface area contributed by atoms with Gasteiger partial charge in [0.15, 0.2) is 5.78 Å². The Morgan fingerprint density at radius 2 is 1.17 bits per heavy atom.